The van der Waals surface area contributed by atoms with Gasteiger partial charge in [-0.3, -0.25) is 14.4 Å². The maximum absolute atomic E-state index is 13.0. The SMILES string of the molecule is CC1(C)CC(O)=C(C(=O)NCC(=O)O)C(=O)N1Cc1csc(-c2ccccc2)n1. The molecule has 0 aliphatic carbocycles. The minimum atomic E-state index is -1.24. The molecule has 1 aromatic heterocycles. The summed E-state index contributed by atoms with van der Waals surface area (Å²) in [5, 5.41) is 23.8. The Morgan fingerprint density at radius 1 is 1.28 bits per heavy atom. The van der Waals surface area contributed by atoms with Gasteiger partial charge in [0.25, 0.3) is 11.8 Å². The van der Waals surface area contributed by atoms with Crippen LogP contribution in [0.2, 0.25) is 0 Å². The van der Waals surface area contributed by atoms with Gasteiger partial charge in [-0.2, -0.15) is 0 Å². The zero-order chi connectivity index (χ0) is 21.2. The molecule has 8 nitrogen and oxygen atoms in total. The molecule has 3 N–H and O–H groups in total. The van der Waals surface area contributed by atoms with Crippen LogP contribution in [0.1, 0.15) is 26.0 Å². The molecule has 0 atom stereocenters. The molecule has 1 aromatic carbocycles. The van der Waals surface area contributed by atoms with Crippen LogP contribution in [0, 0.1) is 0 Å². The molecule has 2 amide bonds. The van der Waals surface area contributed by atoms with E-state index in [4.69, 9.17) is 5.11 Å². The summed E-state index contributed by atoms with van der Waals surface area (Å²) in [6.07, 6.45) is 0.0737. The lowest BCUT2D eigenvalue weighted by Gasteiger charge is -2.42. The van der Waals surface area contributed by atoms with E-state index in [1.807, 2.05) is 35.7 Å². The second-order valence-corrected chi connectivity index (χ2v) is 8.15. The topological polar surface area (TPSA) is 120 Å². The Balaban J connectivity index is 1.83. The number of hydrogen-bond acceptors (Lipinski definition) is 6. The number of carboxylic acid groups (broad SMARTS) is 1. The fourth-order valence-corrected chi connectivity index (χ4v) is 3.96. The quantitative estimate of drug-likeness (QED) is 0.623. The Labute approximate surface area is 171 Å². The van der Waals surface area contributed by atoms with Crippen molar-refractivity contribution in [2.75, 3.05) is 6.54 Å². The van der Waals surface area contributed by atoms with Crippen LogP contribution in [0.5, 0.6) is 0 Å². The molecular weight excluding hydrogens is 394 g/mol. The van der Waals surface area contributed by atoms with Crippen LogP contribution in [-0.4, -0.2) is 50.0 Å². The minimum absolute atomic E-state index is 0.0737. The highest BCUT2D eigenvalue weighted by Crippen LogP contribution is 2.33. The fraction of sp³-hybridized carbons (Fsp3) is 0.300. The first kappa shape index (κ1) is 20.5. The van der Waals surface area contributed by atoms with E-state index >= 15 is 0 Å². The van der Waals surface area contributed by atoms with Gasteiger partial charge in [0.05, 0.1) is 12.2 Å². The maximum Gasteiger partial charge on any atom is 0.322 e. The number of thiazole rings is 1. The predicted molar refractivity (Wildman–Crippen MR) is 107 cm³/mol. The van der Waals surface area contributed by atoms with Gasteiger partial charge in [-0.25, -0.2) is 4.98 Å². The van der Waals surface area contributed by atoms with Gasteiger partial charge in [0.2, 0.25) is 0 Å². The van der Waals surface area contributed by atoms with Crippen LogP contribution in [0.4, 0.5) is 0 Å². The van der Waals surface area contributed by atoms with E-state index in [0.717, 1.165) is 10.6 Å². The molecule has 0 bridgehead atoms. The average molecular weight is 415 g/mol. The Morgan fingerprint density at radius 3 is 2.62 bits per heavy atom. The summed E-state index contributed by atoms with van der Waals surface area (Å²) < 4.78 is 0. The van der Waals surface area contributed by atoms with Crippen molar-refractivity contribution in [3.63, 3.8) is 0 Å². The van der Waals surface area contributed by atoms with Gasteiger partial charge >= 0.3 is 5.97 Å². The number of carbonyl (C=O) groups is 3. The molecule has 0 saturated carbocycles. The molecule has 0 radical (unpaired) electrons. The number of benzene rings is 1. The first-order valence-corrected chi connectivity index (χ1v) is 9.81. The molecule has 0 unspecified atom stereocenters. The number of carboxylic acids is 1. The number of hydrogen-bond donors (Lipinski definition) is 3. The molecule has 2 aromatic rings. The van der Waals surface area contributed by atoms with Crippen LogP contribution < -0.4 is 5.32 Å². The largest absolute Gasteiger partial charge is 0.511 e. The zero-order valence-electron chi connectivity index (χ0n) is 16.0. The van der Waals surface area contributed by atoms with Crippen molar-refractivity contribution in [3.05, 3.63) is 52.7 Å². The maximum atomic E-state index is 13.0. The van der Waals surface area contributed by atoms with Gasteiger partial charge in [-0.15, -0.1) is 11.3 Å². The van der Waals surface area contributed by atoms with Crippen molar-refractivity contribution in [1.82, 2.24) is 15.2 Å². The van der Waals surface area contributed by atoms with E-state index in [-0.39, 0.29) is 18.7 Å². The molecule has 1 aliphatic rings. The second-order valence-electron chi connectivity index (χ2n) is 7.29. The first-order chi connectivity index (χ1) is 13.7. The molecule has 2 heterocycles. The highest BCUT2D eigenvalue weighted by Gasteiger charge is 2.42. The number of nitrogens with zero attached hydrogens (tertiary/aromatic N) is 2. The number of aromatic nitrogens is 1. The van der Waals surface area contributed by atoms with Gasteiger partial charge in [0.1, 0.15) is 22.9 Å². The molecule has 0 fully saturated rings. The lowest BCUT2D eigenvalue weighted by molar-refractivity contribution is -0.140. The Hall–Kier alpha value is -3.20. The highest BCUT2D eigenvalue weighted by atomic mass is 32.1. The third-order valence-electron chi connectivity index (χ3n) is 4.60. The standard InChI is InChI=1S/C20H21N3O5S/c1-20(2)8-14(24)16(17(27)21-9-15(25)26)19(28)23(20)10-13-11-29-18(22-13)12-6-4-3-5-7-12/h3-7,11,24H,8-10H2,1-2H3,(H,21,27)(H,25,26). The Bertz CT molecular complexity index is 981. The van der Waals surface area contributed by atoms with Crippen molar-refractivity contribution >= 4 is 29.1 Å². The number of amides is 2. The molecular formula is C20H21N3O5S. The molecule has 1 aliphatic heterocycles. The number of rotatable bonds is 6. The van der Waals surface area contributed by atoms with Gasteiger partial charge in [-0.1, -0.05) is 30.3 Å². The average Bonchev–Trinajstić information content (AvgIpc) is 3.12. The molecule has 3 rings (SSSR count). The highest BCUT2D eigenvalue weighted by molar-refractivity contribution is 7.13. The van der Waals surface area contributed by atoms with Crippen molar-refractivity contribution in [2.24, 2.45) is 0 Å². The van der Waals surface area contributed by atoms with E-state index in [1.165, 1.54) is 16.2 Å². The smallest absolute Gasteiger partial charge is 0.322 e. The van der Waals surface area contributed by atoms with Crippen molar-refractivity contribution in [3.8, 4) is 10.6 Å². The van der Waals surface area contributed by atoms with Gasteiger partial charge < -0.3 is 20.4 Å². The number of carbonyl (C=O) groups excluding carboxylic acids is 2. The number of aliphatic hydroxyl groups excluding tert-OH is 1. The summed E-state index contributed by atoms with van der Waals surface area (Å²) >= 11 is 1.46. The summed E-state index contributed by atoms with van der Waals surface area (Å²) in [6, 6.07) is 9.66. The van der Waals surface area contributed by atoms with E-state index in [2.05, 4.69) is 10.3 Å². The summed E-state index contributed by atoms with van der Waals surface area (Å²) in [5.41, 5.74) is 0.471. The predicted octanol–water partition coefficient (Wildman–Crippen LogP) is 2.33. The van der Waals surface area contributed by atoms with E-state index in [9.17, 15) is 19.5 Å². The van der Waals surface area contributed by atoms with Crippen LogP contribution in [0.25, 0.3) is 10.6 Å². The summed E-state index contributed by atoms with van der Waals surface area (Å²) in [6.45, 7) is 3.10. The third-order valence-corrected chi connectivity index (χ3v) is 5.54. The molecule has 0 spiro atoms. The van der Waals surface area contributed by atoms with Crippen LogP contribution >= 0.6 is 11.3 Å². The first-order valence-electron chi connectivity index (χ1n) is 8.93. The summed E-state index contributed by atoms with van der Waals surface area (Å²) in [7, 11) is 0. The van der Waals surface area contributed by atoms with Crippen molar-refractivity contribution < 1.29 is 24.6 Å². The van der Waals surface area contributed by atoms with Crippen LogP contribution in [-0.2, 0) is 20.9 Å². The minimum Gasteiger partial charge on any atom is -0.511 e. The van der Waals surface area contributed by atoms with Crippen molar-refractivity contribution in [1.29, 1.82) is 0 Å². The summed E-state index contributed by atoms with van der Waals surface area (Å²) in [5.74, 6) is -3.15. The molecule has 0 saturated heterocycles. The second kappa shape index (κ2) is 8.04. The number of aliphatic hydroxyl groups is 1. The summed E-state index contributed by atoms with van der Waals surface area (Å²) in [4.78, 5) is 42.0. The zero-order valence-corrected chi connectivity index (χ0v) is 16.8. The monoisotopic (exact) mass is 415 g/mol. The van der Waals surface area contributed by atoms with Gasteiger partial charge in [0.15, 0.2) is 0 Å². The van der Waals surface area contributed by atoms with Gasteiger partial charge in [-0.05, 0) is 13.8 Å². The number of aliphatic carboxylic acids is 1. The Kier molecular flexibility index (Phi) is 5.69. The fourth-order valence-electron chi connectivity index (χ4n) is 3.14. The van der Waals surface area contributed by atoms with Crippen LogP contribution in [0.15, 0.2) is 47.0 Å². The molecule has 152 valence electrons. The van der Waals surface area contributed by atoms with E-state index in [1.54, 1.807) is 13.8 Å². The van der Waals surface area contributed by atoms with E-state index in [0.29, 0.717) is 5.69 Å². The van der Waals surface area contributed by atoms with Crippen molar-refractivity contribution in [2.45, 2.75) is 32.4 Å². The lowest BCUT2D eigenvalue weighted by Crippen LogP contribution is -2.53. The lowest BCUT2D eigenvalue weighted by atomic mass is 9.89. The number of nitrogens with one attached hydrogen (secondary N) is 1. The molecule has 9 heteroatoms. The van der Waals surface area contributed by atoms with Crippen LogP contribution in [0.3, 0.4) is 0 Å². The normalized spacial score (nSPS) is 16.1. The third kappa shape index (κ3) is 4.45. The van der Waals surface area contributed by atoms with E-state index < -0.39 is 35.4 Å². The Morgan fingerprint density at radius 2 is 1.97 bits per heavy atom. The molecule has 29 heavy (non-hydrogen) atoms. The van der Waals surface area contributed by atoms with Gasteiger partial charge in [0, 0.05) is 22.9 Å².